The summed E-state index contributed by atoms with van der Waals surface area (Å²) in [5.41, 5.74) is 1.14. The molecule has 2 fully saturated rings. The van der Waals surface area contributed by atoms with Crippen molar-refractivity contribution < 1.29 is 14.0 Å². The molecule has 2 atom stereocenters. The fourth-order valence-corrected chi connectivity index (χ4v) is 3.36. The second-order valence-corrected chi connectivity index (χ2v) is 5.85. The third kappa shape index (κ3) is 3.11. The van der Waals surface area contributed by atoms with Crippen molar-refractivity contribution in [2.24, 2.45) is 0 Å². The van der Waals surface area contributed by atoms with Gasteiger partial charge in [-0.05, 0) is 36.5 Å². The molecule has 1 heterocycles. The fraction of sp³-hybridized carbons (Fsp3) is 0.500. The molecule has 0 bridgehead atoms. The molecule has 0 unspecified atom stereocenters. The van der Waals surface area contributed by atoms with Gasteiger partial charge < -0.3 is 10.6 Å². The van der Waals surface area contributed by atoms with Crippen LogP contribution >= 0.6 is 0 Å². The first-order valence-electron chi connectivity index (χ1n) is 7.72. The van der Waals surface area contributed by atoms with Crippen LogP contribution in [0, 0.1) is 5.82 Å². The molecule has 22 heavy (non-hydrogen) atoms. The van der Waals surface area contributed by atoms with Crippen molar-refractivity contribution in [3.63, 3.8) is 0 Å². The highest BCUT2D eigenvalue weighted by atomic mass is 19.1. The predicted molar refractivity (Wildman–Crippen MR) is 79.9 cm³/mol. The molecule has 118 valence electrons. The van der Waals surface area contributed by atoms with Crippen molar-refractivity contribution in [3.05, 3.63) is 35.6 Å². The number of halogens is 1. The topological polar surface area (TPSA) is 61.4 Å². The Balaban J connectivity index is 1.54. The Morgan fingerprint density at radius 3 is 2.68 bits per heavy atom. The van der Waals surface area contributed by atoms with Gasteiger partial charge >= 0.3 is 6.03 Å². The van der Waals surface area contributed by atoms with Crippen LogP contribution in [0.3, 0.4) is 0 Å². The molecule has 1 aliphatic carbocycles. The van der Waals surface area contributed by atoms with Gasteiger partial charge in [0.05, 0.1) is 6.54 Å². The summed E-state index contributed by atoms with van der Waals surface area (Å²) in [6.45, 7) is 1.07. The van der Waals surface area contributed by atoms with Gasteiger partial charge in [0, 0.05) is 19.1 Å². The summed E-state index contributed by atoms with van der Waals surface area (Å²) < 4.78 is 13.0. The van der Waals surface area contributed by atoms with E-state index in [0.717, 1.165) is 24.8 Å². The van der Waals surface area contributed by atoms with Crippen LogP contribution < -0.4 is 10.6 Å². The molecule has 2 N–H and O–H groups in total. The Labute approximate surface area is 128 Å². The Kier molecular flexibility index (Phi) is 4.38. The molecule has 0 radical (unpaired) electrons. The number of benzene rings is 1. The number of urea groups is 1. The van der Waals surface area contributed by atoms with Gasteiger partial charge in [-0.2, -0.15) is 0 Å². The predicted octanol–water partition coefficient (Wildman–Crippen LogP) is 1.60. The lowest BCUT2D eigenvalue weighted by Crippen LogP contribution is -2.40. The molecule has 3 amide bonds. The van der Waals surface area contributed by atoms with Gasteiger partial charge in [0.15, 0.2) is 0 Å². The van der Waals surface area contributed by atoms with Crippen LogP contribution in [0.2, 0.25) is 0 Å². The van der Waals surface area contributed by atoms with Crippen molar-refractivity contribution in [1.82, 2.24) is 15.5 Å². The average Bonchev–Trinajstić information content (AvgIpc) is 3.09. The van der Waals surface area contributed by atoms with Gasteiger partial charge in [0.1, 0.15) is 5.82 Å². The van der Waals surface area contributed by atoms with Gasteiger partial charge in [-0.3, -0.25) is 9.69 Å². The molecule has 5 nitrogen and oxygen atoms in total. The largest absolute Gasteiger partial charge is 0.329 e. The highest BCUT2D eigenvalue weighted by molar-refractivity contribution is 6.01. The third-order valence-electron chi connectivity index (χ3n) is 4.49. The third-order valence-corrected chi connectivity index (χ3v) is 4.49. The molecule has 1 saturated carbocycles. The minimum atomic E-state index is -0.312. The maximum Gasteiger partial charge on any atom is 0.324 e. The first-order valence-corrected chi connectivity index (χ1v) is 7.72. The lowest BCUT2D eigenvalue weighted by atomic mass is 9.94. The van der Waals surface area contributed by atoms with E-state index in [0.29, 0.717) is 25.0 Å². The highest BCUT2D eigenvalue weighted by Crippen LogP contribution is 2.34. The number of rotatable bonds is 5. The highest BCUT2D eigenvalue weighted by Gasteiger charge is 2.30. The van der Waals surface area contributed by atoms with Crippen LogP contribution in [-0.2, 0) is 4.79 Å². The van der Waals surface area contributed by atoms with Crippen LogP contribution in [0.4, 0.5) is 9.18 Å². The van der Waals surface area contributed by atoms with Crippen LogP contribution in [0.1, 0.15) is 30.7 Å². The Hall–Kier alpha value is -1.95. The zero-order valence-corrected chi connectivity index (χ0v) is 12.3. The standard InChI is InChI=1S/C16H20FN3O2/c17-12-6-4-11(5-7-12)13-2-1-3-14(13)18-8-9-20-15(21)10-19-16(20)22/h4-7,13-14,18H,1-3,8-10H2,(H,19,22)/t13-,14-/m0/s1. The van der Waals surface area contributed by atoms with Gasteiger partial charge in [-0.1, -0.05) is 18.6 Å². The summed E-state index contributed by atoms with van der Waals surface area (Å²) >= 11 is 0. The minimum Gasteiger partial charge on any atom is -0.329 e. The second-order valence-electron chi connectivity index (χ2n) is 5.85. The maximum absolute atomic E-state index is 13.0. The zero-order chi connectivity index (χ0) is 15.5. The van der Waals surface area contributed by atoms with E-state index >= 15 is 0 Å². The number of hydrogen-bond acceptors (Lipinski definition) is 3. The SMILES string of the molecule is O=C1CNC(=O)N1CCN[C@H]1CCC[C@H]1c1ccc(F)cc1. The number of amides is 3. The van der Waals surface area contributed by atoms with Gasteiger partial charge in [0.25, 0.3) is 0 Å². The molecule has 1 aromatic carbocycles. The maximum atomic E-state index is 13.0. The van der Waals surface area contributed by atoms with E-state index < -0.39 is 0 Å². The molecule has 2 aliphatic rings. The molecule has 0 spiro atoms. The van der Waals surface area contributed by atoms with E-state index in [-0.39, 0.29) is 24.3 Å². The summed E-state index contributed by atoms with van der Waals surface area (Å²) in [5.74, 6) is -0.0261. The molecule has 6 heteroatoms. The van der Waals surface area contributed by atoms with Crippen LogP contribution in [0.5, 0.6) is 0 Å². The number of nitrogens with one attached hydrogen (secondary N) is 2. The fourth-order valence-electron chi connectivity index (χ4n) is 3.36. The number of hydrogen-bond donors (Lipinski definition) is 2. The molecule has 3 rings (SSSR count). The van der Waals surface area contributed by atoms with Crippen LogP contribution in [0.15, 0.2) is 24.3 Å². The number of nitrogens with zero attached hydrogens (tertiary/aromatic N) is 1. The first-order chi connectivity index (χ1) is 10.6. The smallest absolute Gasteiger partial charge is 0.324 e. The van der Waals surface area contributed by atoms with E-state index in [4.69, 9.17) is 0 Å². The second kappa shape index (κ2) is 6.44. The summed E-state index contributed by atoms with van der Waals surface area (Å²) in [5, 5.41) is 5.96. The summed E-state index contributed by atoms with van der Waals surface area (Å²) in [6.07, 6.45) is 3.26. The Morgan fingerprint density at radius 2 is 2.00 bits per heavy atom. The molecule has 1 aromatic rings. The molecule has 0 aromatic heterocycles. The van der Waals surface area contributed by atoms with E-state index in [2.05, 4.69) is 10.6 Å². The van der Waals surface area contributed by atoms with E-state index in [9.17, 15) is 14.0 Å². The Bertz CT molecular complexity index is 545. The Morgan fingerprint density at radius 1 is 1.23 bits per heavy atom. The lowest BCUT2D eigenvalue weighted by molar-refractivity contribution is -0.124. The number of imide groups is 1. The van der Waals surface area contributed by atoms with Crippen LogP contribution in [-0.4, -0.2) is 42.5 Å². The number of carbonyl (C=O) groups is 2. The minimum absolute atomic E-state index is 0.0977. The average molecular weight is 305 g/mol. The lowest BCUT2D eigenvalue weighted by Gasteiger charge is -2.22. The van der Waals surface area contributed by atoms with Gasteiger partial charge in [0.2, 0.25) is 5.91 Å². The van der Waals surface area contributed by atoms with Crippen molar-refractivity contribution in [3.8, 4) is 0 Å². The van der Waals surface area contributed by atoms with E-state index in [1.54, 1.807) is 0 Å². The van der Waals surface area contributed by atoms with Crippen molar-refractivity contribution >= 4 is 11.9 Å². The molecular formula is C16H20FN3O2. The van der Waals surface area contributed by atoms with Crippen molar-refractivity contribution in [2.45, 2.75) is 31.2 Å². The van der Waals surface area contributed by atoms with Crippen LogP contribution in [0.25, 0.3) is 0 Å². The van der Waals surface area contributed by atoms with Gasteiger partial charge in [-0.15, -0.1) is 0 Å². The van der Waals surface area contributed by atoms with Crippen molar-refractivity contribution in [1.29, 1.82) is 0 Å². The van der Waals surface area contributed by atoms with Crippen molar-refractivity contribution in [2.75, 3.05) is 19.6 Å². The monoisotopic (exact) mass is 305 g/mol. The summed E-state index contributed by atoms with van der Waals surface area (Å²) in [4.78, 5) is 24.2. The summed E-state index contributed by atoms with van der Waals surface area (Å²) in [6, 6.07) is 6.68. The normalized spacial score (nSPS) is 24.9. The first kappa shape index (κ1) is 15.0. The van der Waals surface area contributed by atoms with Gasteiger partial charge in [-0.25, -0.2) is 9.18 Å². The molecular weight excluding hydrogens is 285 g/mol. The van der Waals surface area contributed by atoms with E-state index in [1.807, 2.05) is 12.1 Å². The molecule has 1 aliphatic heterocycles. The van der Waals surface area contributed by atoms with E-state index in [1.165, 1.54) is 17.0 Å². The zero-order valence-electron chi connectivity index (χ0n) is 12.3. The number of carbonyl (C=O) groups excluding carboxylic acids is 2. The summed E-state index contributed by atoms with van der Waals surface area (Å²) in [7, 11) is 0. The quantitative estimate of drug-likeness (QED) is 0.812. The molecule has 1 saturated heterocycles.